The summed E-state index contributed by atoms with van der Waals surface area (Å²) >= 11 is 4.98. The van der Waals surface area contributed by atoms with Crippen LogP contribution in [0.25, 0.3) is 0 Å². The van der Waals surface area contributed by atoms with E-state index in [2.05, 4.69) is 26.6 Å². The highest BCUT2D eigenvalue weighted by Gasteiger charge is 2.26. The summed E-state index contributed by atoms with van der Waals surface area (Å²) in [6.45, 7) is 0.503. The summed E-state index contributed by atoms with van der Waals surface area (Å²) in [5.74, 6) is -0.149. The molecule has 0 aromatic carbocycles. The number of amides is 2. The largest absolute Gasteiger partial charge is 0.349 e. The number of nitrogens with one attached hydrogen (secondary N) is 2. The van der Waals surface area contributed by atoms with Crippen LogP contribution in [-0.4, -0.2) is 17.9 Å². The molecule has 1 aliphatic rings. The third kappa shape index (κ3) is 2.62. The fourth-order valence-corrected chi connectivity index (χ4v) is 2.98. The van der Waals surface area contributed by atoms with Gasteiger partial charge in [0.15, 0.2) is 0 Å². The van der Waals surface area contributed by atoms with Crippen LogP contribution in [0.15, 0.2) is 15.9 Å². The number of carbonyl (C=O) groups is 2. The molecule has 0 spiro atoms. The summed E-state index contributed by atoms with van der Waals surface area (Å²) in [4.78, 5) is 23.7. The first-order valence-electron chi connectivity index (χ1n) is 4.96. The minimum Gasteiger partial charge on any atom is -0.349 e. The molecule has 6 heteroatoms. The predicted octanol–water partition coefficient (Wildman–Crippen LogP) is 1.41. The Morgan fingerprint density at radius 3 is 3.06 bits per heavy atom. The Balaban J connectivity index is 1.84. The topological polar surface area (TPSA) is 58.2 Å². The lowest BCUT2D eigenvalue weighted by molar-refractivity contribution is -0.125. The molecule has 2 N–H and O–H groups in total. The molecular weight excluding hydrogens is 292 g/mol. The summed E-state index contributed by atoms with van der Waals surface area (Å²) in [5, 5.41) is 7.42. The highest BCUT2D eigenvalue weighted by Crippen LogP contribution is 2.22. The van der Waals surface area contributed by atoms with Gasteiger partial charge in [-0.25, -0.2) is 0 Å². The summed E-state index contributed by atoms with van der Waals surface area (Å²) in [5.41, 5.74) is 0. The van der Waals surface area contributed by atoms with Gasteiger partial charge in [0.05, 0.1) is 6.54 Å². The molecule has 4 nitrogen and oxygen atoms in total. The third-order valence-corrected chi connectivity index (χ3v) is 4.35. The van der Waals surface area contributed by atoms with Gasteiger partial charge in [-0.1, -0.05) is 0 Å². The number of rotatable bonds is 3. The van der Waals surface area contributed by atoms with Crippen LogP contribution in [0.1, 0.15) is 17.7 Å². The van der Waals surface area contributed by atoms with E-state index in [1.165, 1.54) is 0 Å². The second-order valence-electron chi connectivity index (χ2n) is 3.57. The van der Waals surface area contributed by atoms with E-state index in [9.17, 15) is 9.59 Å². The van der Waals surface area contributed by atoms with Crippen molar-refractivity contribution in [2.45, 2.75) is 25.4 Å². The fourth-order valence-electron chi connectivity index (χ4n) is 1.55. The minimum atomic E-state index is -0.355. The first kappa shape index (κ1) is 11.6. The highest BCUT2D eigenvalue weighted by molar-refractivity contribution is 9.10. The number of hydrogen-bond donors (Lipinski definition) is 2. The third-order valence-electron chi connectivity index (χ3n) is 2.43. The summed E-state index contributed by atoms with van der Waals surface area (Å²) in [6.07, 6.45) is 1.04. The molecule has 0 aliphatic carbocycles. The van der Waals surface area contributed by atoms with Crippen molar-refractivity contribution in [3.63, 3.8) is 0 Å². The van der Waals surface area contributed by atoms with E-state index in [4.69, 9.17) is 0 Å². The molecule has 1 saturated heterocycles. The average molecular weight is 303 g/mol. The maximum Gasteiger partial charge on any atom is 0.242 e. The Morgan fingerprint density at radius 1 is 1.69 bits per heavy atom. The second kappa shape index (κ2) is 4.97. The molecule has 2 amide bonds. The zero-order valence-corrected chi connectivity index (χ0v) is 10.9. The van der Waals surface area contributed by atoms with E-state index >= 15 is 0 Å². The monoisotopic (exact) mass is 302 g/mol. The zero-order chi connectivity index (χ0) is 11.5. The molecule has 0 saturated carbocycles. The zero-order valence-electron chi connectivity index (χ0n) is 8.46. The number of thiophene rings is 1. The van der Waals surface area contributed by atoms with Gasteiger partial charge < -0.3 is 10.6 Å². The Labute approximate surface area is 106 Å². The van der Waals surface area contributed by atoms with E-state index in [0.29, 0.717) is 19.4 Å². The van der Waals surface area contributed by atoms with E-state index in [0.717, 1.165) is 9.35 Å². The fraction of sp³-hybridized carbons (Fsp3) is 0.400. The number of halogens is 1. The van der Waals surface area contributed by atoms with Crippen LogP contribution in [0.4, 0.5) is 0 Å². The van der Waals surface area contributed by atoms with Gasteiger partial charge >= 0.3 is 0 Å². The van der Waals surface area contributed by atoms with Gasteiger partial charge in [0.25, 0.3) is 0 Å². The molecule has 86 valence electrons. The van der Waals surface area contributed by atoms with Gasteiger partial charge in [-0.2, -0.15) is 0 Å². The Hall–Kier alpha value is -0.880. The molecule has 1 aliphatic heterocycles. The Morgan fingerprint density at radius 2 is 2.50 bits per heavy atom. The SMILES string of the molecule is O=C1CCC(C(=O)NCc2sccc2Br)N1. The van der Waals surface area contributed by atoms with Crippen LogP contribution in [0.5, 0.6) is 0 Å². The summed E-state index contributed by atoms with van der Waals surface area (Å²) in [7, 11) is 0. The van der Waals surface area contributed by atoms with E-state index < -0.39 is 0 Å². The van der Waals surface area contributed by atoms with Crippen LogP contribution in [-0.2, 0) is 16.1 Å². The van der Waals surface area contributed by atoms with Crippen LogP contribution in [0.3, 0.4) is 0 Å². The second-order valence-corrected chi connectivity index (χ2v) is 5.42. The van der Waals surface area contributed by atoms with E-state index in [1.54, 1.807) is 11.3 Å². The summed E-state index contributed by atoms with van der Waals surface area (Å²) in [6, 6.07) is 1.59. The van der Waals surface area contributed by atoms with Gasteiger partial charge in [-0.05, 0) is 33.8 Å². The molecule has 1 aromatic rings. The normalized spacial score (nSPS) is 19.6. The van der Waals surface area contributed by atoms with E-state index in [1.807, 2.05) is 11.4 Å². The van der Waals surface area contributed by atoms with Gasteiger partial charge in [-0.3, -0.25) is 9.59 Å². The lowest BCUT2D eigenvalue weighted by Crippen LogP contribution is -2.41. The standard InChI is InChI=1S/C10H11BrN2O2S/c11-6-3-4-16-8(6)5-12-10(15)7-1-2-9(14)13-7/h3-4,7H,1-2,5H2,(H,12,15)(H,13,14). The van der Waals surface area contributed by atoms with Gasteiger partial charge in [-0.15, -0.1) is 11.3 Å². The van der Waals surface area contributed by atoms with Crippen molar-refractivity contribution in [1.29, 1.82) is 0 Å². The van der Waals surface area contributed by atoms with Crippen LogP contribution >= 0.6 is 27.3 Å². The van der Waals surface area contributed by atoms with E-state index in [-0.39, 0.29) is 17.9 Å². The smallest absolute Gasteiger partial charge is 0.242 e. The first-order chi connectivity index (χ1) is 7.66. The van der Waals surface area contributed by atoms with Crippen molar-refractivity contribution in [1.82, 2.24) is 10.6 Å². The highest BCUT2D eigenvalue weighted by atomic mass is 79.9. The lowest BCUT2D eigenvalue weighted by Gasteiger charge is -2.10. The Kier molecular flexibility index (Phi) is 3.60. The molecule has 1 unspecified atom stereocenters. The van der Waals surface area contributed by atoms with Gasteiger partial charge in [0.1, 0.15) is 6.04 Å². The minimum absolute atomic E-state index is 0.0440. The van der Waals surface area contributed by atoms with Crippen molar-refractivity contribution in [3.05, 3.63) is 20.8 Å². The molecule has 2 rings (SSSR count). The summed E-state index contributed by atoms with van der Waals surface area (Å²) < 4.78 is 1.01. The van der Waals surface area contributed by atoms with Crippen LogP contribution in [0, 0.1) is 0 Å². The quantitative estimate of drug-likeness (QED) is 0.887. The van der Waals surface area contributed by atoms with Gasteiger partial charge in [0, 0.05) is 15.8 Å². The molecule has 1 atom stereocenters. The molecule has 1 aromatic heterocycles. The number of carbonyl (C=O) groups excluding carboxylic acids is 2. The maximum atomic E-state index is 11.7. The number of hydrogen-bond acceptors (Lipinski definition) is 3. The predicted molar refractivity (Wildman–Crippen MR) is 65.0 cm³/mol. The molecule has 16 heavy (non-hydrogen) atoms. The van der Waals surface area contributed by atoms with Crippen molar-refractivity contribution >= 4 is 39.1 Å². The molecule has 1 fully saturated rings. The maximum absolute atomic E-state index is 11.7. The van der Waals surface area contributed by atoms with Crippen molar-refractivity contribution in [2.75, 3.05) is 0 Å². The van der Waals surface area contributed by atoms with Gasteiger partial charge in [0.2, 0.25) is 11.8 Å². The lowest BCUT2D eigenvalue weighted by atomic mass is 10.2. The average Bonchev–Trinajstić information content (AvgIpc) is 2.84. The molecule has 0 radical (unpaired) electrons. The van der Waals surface area contributed by atoms with Crippen LogP contribution in [0.2, 0.25) is 0 Å². The first-order valence-corrected chi connectivity index (χ1v) is 6.63. The molecule has 0 bridgehead atoms. The van der Waals surface area contributed by atoms with Crippen molar-refractivity contribution in [2.24, 2.45) is 0 Å². The van der Waals surface area contributed by atoms with Crippen LogP contribution < -0.4 is 10.6 Å². The molecule has 2 heterocycles. The Bertz CT molecular complexity index is 419. The molecular formula is C10H11BrN2O2S. The van der Waals surface area contributed by atoms with Crippen molar-refractivity contribution < 1.29 is 9.59 Å². The van der Waals surface area contributed by atoms with Crippen molar-refractivity contribution in [3.8, 4) is 0 Å².